The van der Waals surface area contributed by atoms with Gasteiger partial charge in [0.25, 0.3) is 0 Å². The molecule has 0 amide bonds. The highest BCUT2D eigenvalue weighted by atomic mass is 32.2. The summed E-state index contributed by atoms with van der Waals surface area (Å²) in [6.07, 6.45) is 3.50. The number of rotatable bonds is 5. The van der Waals surface area contributed by atoms with Crippen LogP contribution in [-0.4, -0.2) is 15.0 Å². The van der Waals surface area contributed by atoms with Gasteiger partial charge in [-0.3, -0.25) is 4.98 Å². The lowest BCUT2D eigenvalue weighted by Crippen LogP contribution is -1.84. The van der Waals surface area contributed by atoms with Gasteiger partial charge in [-0.2, -0.15) is 0 Å². The first-order valence-electron chi connectivity index (χ1n) is 8.23. The van der Waals surface area contributed by atoms with Crippen molar-refractivity contribution in [3.63, 3.8) is 0 Å². The molecular formula is C21H16FN3S. The lowest BCUT2D eigenvalue weighted by Gasteiger charge is -2.02. The summed E-state index contributed by atoms with van der Waals surface area (Å²) >= 11 is 1.64. The molecule has 4 rings (SSSR count). The number of benzene rings is 2. The zero-order chi connectivity index (χ0) is 17.8. The van der Waals surface area contributed by atoms with Crippen molar-refractivity contribution in [3.05, 3.63) is 90.5 Å². The number of hydrogen-bond donors (Lipinski definition) is 1. The quantitative estimate of drug-likeness (QED) is 0.473. The third-order valence-corrected chi connectivity index (χ3v) is 4.93. The number of nitrogens with zero attached hydrogens (tertiary/aromatic N) is 2. The van der Waals surface area contributed by atoms with Crippen molar-refractivity contribution in [2.24, 2.45) is 0 Å². The molecule has 0 saturated carbocycles. The normalized spacial score (nSPS) is 10.8. The number of aromatic nitrogens is 3. The Labute approximate surface area is 155 Å². The van der Waals surface area contributed by atoms with E-state index in [-0.39, 0.29) is 5.82 Å². The highest BCUT2D eigenvalue weighted by Gasteiger charge is 2.14. The molecule has 0 bridgehead atoms. The van der Waals surface area contributed by atoms with Crippen LogP contribution in [0.4, 0.5) is 4.39 Å². The smallest absolute Gasteiger partial charge is 0.166 e. The first kappa shape index (κ1) is 16.5. The first-order valence-corrected chi connectivity index (χ1v) is 9.21. The van der Waals surface area contributed by atoms with Crippen LogP contribution >= 0.6 is 11.8 Å². The van der Waals surface area contributed by atoms with Gasteiger partial charge in [0.1, 0.15) is 5.82 Å². The predicted octanol–water partition coefficient (Wildman–Crippen LogP) is 5.57. The van der Waals surface area contributed by atoms with E-state index in [0.717, 1.165) is 33.4 Å². The molecule has 0 atom stereocenters. The molecule has 128 valence electrons. The van der Waals surface area contributed by atoms with Crippen LogP contribution < -0.4 is 0 Å². The third-order valence-electron chi connectivity index (χ3n) is 3.99. The average Bonchev–Trinajstić information content (AvgIpc) is 3.13. The van der Waals surface area contributed by atoms with E-state index in [1.54, 1.807) is 36.3 Å². The lowest BCUT2D eigenvalue weighted by molar-refractivity contribution is 0.628. The van der Waals surface area contributed by atoms with Crippen LogP contribution in [0.1, 0.15) is 5.56 Å². The monoisotopic (exact) mass is 361 g/mol. The van der Waals surface area contributed by atoms with E-state index in [0.29, 0.717) is 0 Å². The zero-order valence-corrected chi connectivity index (χ0v) is 14.7. The minimum atomic E-state index is -0.256. The number of thioether (sulfide) groups is 1. The highest BCUT2D eigenvalue weighted by Crippen LogP contribution is 2.33. The Morgan fingerprint density at radius 1 is 0.846 bits per heavy atom. The molecule has 0 aliphatic heterocycles. The number of nitrogens with one attached hydrogen (secondary N) is 1. The standard InChI is InChI=1S/C21H16FN3S/c22-18-8-6-16(7-9-18)19-20(17-10-12-23-13-11-17)25-21(24-19)26-14-15-4-2-1-3-5-15/h1-13H,14H2,(H,24,25). The van der Waals surface area contributed by atoms with Crippen molar-refractivity contribution < 1.29 is 4.39 Å². The number of H-pyrrole nitrogens is 1. The highest BCUT2D eigenvalue weighted by molar-refractivity contribution is 7.98. The molecule has 0 radical (unpaired) electrons. The van der Waals surface area contributed by atoms with Crippen LogP contribution in [0, 0.1) is 5.82 Å². The summed E-state index contributed by atoms with van der Waals surface area (Å²) in [5.41, 5.74) is 4.84. The summed E-state index contributed by atoms with van der Waals surface area (Å²) in [5, 5.41) is 0.833. The topological polar surface area (TPSA) is 41.6 Å². The number of pyridine rings is 1. The minimum absolute atomic E-state index is 0.256. The van der Waals surface area contributed by atoms with Gasteiger partial charge in [0.05, 0.1) is 11.4 Å². The lowest BCUT2D eigenvalue weighted by atomic mass is 10.1. The largest absolute Gasteiger partial charge is 0.332 e. The molecule has 4 aromatic rings. The summed E-state index contributed by atoms with van der Waals surface area (Å²) in [6, 6.07) is 20.6. The van der Waals surface area contributed by atoms with Crippen LogP contribution in [0.15, 0.2) is 84.3 Å². The second-order valence-electron chi connectivity index (χ2n) is 5.78. The second-order valence-corrected chi connectivity index (χ2v) is 6.75. The van der Waals surface area contributed by atoms with E-state index >= 15 is 0 Å². The van der Waals surface area contributed by atoms with E-state index in [4.69, 9.17) is 4.98 Å². The van der Waals surface area contributed by atoms with Crippen LogP contribution in [-0.2, 0) is 5.75 Å². The maximum atomic E-state index is 13.3. The van der Waals surface area contributed by atoms with Crippen LogP contribution in [0.2, 0.25) is 0 Å². The fourth-order valence-electron chi connectivity index (χ4n) is 2.69. The Morgan fingerprint density at radius 3 is 2.31 bits per heavy atom. The Hall–Kier alpha value is -2.92. The summed E-state index contributed by atoms with van der Waals surface area (Å²) < 4.78 is 13.3. The molecule has 2 aromatic carbocycles. The molecule has 2 heterocycles. The average molecular weight is 361 g/mol. The summed E-state index contributed by atoms with van der Waals surface area (Å²) in [7, 11) is 0. The zero-order valence-electron chi connectivity index (χ0n) is 13.9. The number of imidazole rings is 1. The molecule has 26 heavy (non-hydrogen) atoms. The Bertz CT molecular complexity index is 983. The van der Waals surface area contributed by atoms with Gasteiger partial charge in [-0.1, -0.05) is 42.1 Å². The van der Waals surface area contributed by atoms with Gasteiger partial charge >= 0.3 is 0 Å². The second kappa shape index (κ2) is 7.54. The van der Waals surface area contributed by atoms with Crippen molar-refractivity contribution in [2.75, 3.05) is 0 Å². The van der Waals surface area contributed by atoms with Crippen LogP contribution in [0.25, 0.3) is 22.5 Å². The van der Waals surface area contributed by atoms with Gasteiger partial charge in [-0.25, -0.2) is 9.37 Å². The summed E-state index contributed by atoms with van der Waals surface area (Å²) in [4.78, 5) is 12.3. The number of halogens is 1. The molecule has 3 nitrogen and oxygen atoms in total. The molecule has 2 aromatic heterocycles. The molecule has 0 aliphatic carbocycles. The Balaban J connectivity index is 1.69. The van der Waals surface area contributed by atoms with E-state index in [9.17, 15) is 4.39 Å². The summed E-state index contributed by atoms with van der Waals surface area (Å²) in [5.74, 6) is 0.570. The van der Waals surface area contributed by atoms with Crippen molar-refractivity contribution in [1.82, 2.24) is 15.0 Å². The number of hydrogen-bond acceptors (Lipinski definition) is 3. The SMILES string of the molecule is Fc1ccc(-c2nc(SCc3ccccc3)[nH]c2-c2ccncc2)cc1. The van der Waals surface area contributed by atoms with Gasteiger partial charge in [-0.05, 0) is 42.0 Å². The van der Waals surface area contributed by atoms with Crippen molar-refractivity contribution in [1.29, 1.82) is 0 Å². The maximum absolute atomic E-state index is 13.3. The minimum Gasteiger partial charge on any atom is -0.332 e. The van der Waals surface area contributed by atoms with E-state index < -0.39 is 0 Å². The van der Waals surface area contributed by atoms with Gasteiger partial charge in [-0.15, -0.1) is 0 Å². The molecule has 0 fully saturated rings. The van der Waals surface area contributed by atoms with E-state index in [1.165, 1.54) is 17.7 Å². The molecule has 0 unspecified atom stereocenters. The fraction of sp³-hybridized carbons (Fsp3) is 0.0476. The molecular weight excluding hydrogens is 345 g/mol. The van der Waals surface area contributed by atoms with Crippen LogP contribution in [0.5, 0.6) is 0 Å². The number of aromatic amines is 1. The first-order chi connectivity index (χ1) is 12.8. The Morgan fingerprint density at radius 2 is 1.58 bits per heavy atom. The van der Waals surface area contributed by atoms with Crippen LogP contribution in [0.3, 0.4) is 0 Å². The van der Waals surface area contributed by atoms with E-state index in [2.05, 4.69) is 22.1 Å². The fourth-order valence-corrected chi connectivity index (χ4v) is 3.52. The molecule has 0 spiro atoms. The van der Waals surface area contributed by atoms with Crippen molar-refractivity contribution in [2.45, 2.75) is 10.9 Å². The maximum Gasteiger partial charge on any atom is 0.166 e. The molecule has 5 heteroatoms. The van der Waals surface area contributed by atoms with Crippen molar-refractivity contribution in [3.8, 4) is 22.5 Å². The Kier molecular flexibility index (Phi) is 4.80. The van der Waals surface area contributed by atoms with Gasteiger partial charge < -0.3 is 4.98 Å². The molecule has 0 saturated heterocycles. The van der Waals surface area contributed by atoms with Gasteiger partial charge in [0, 0.05) is 29.3 Å². The van der Waals surface area contributed by atoms with Gasteiger partial charge in [0.15, 0.2) is 5.16 Å². The van der Waals surface area contributed by atoms with E-state index in [1.807, 2.05) is 30.3 Å². The van der Waals surface area contributed by atoms with Crippen molar-refractivity contribution >= 4 is 11.8 Å². The predicted molar refractivity (Wildman–Crippen MR) is 103 cm³/mol. The molecule has 0 aliphatic rings. The third kappa shape index (κ3) is 3.68. The summed E-state index contributed by atoms with van der Waals surface area (Å²) in [6.45, 7) is 0. The van der Waals surface area contributed by atoms with Gasteiger partial charge in [0.2, 0.25) is 0 Å². The molecule has 1 N–H and O–H groups in total.